The van der Waals surface area contributed by atoms with Crippen molar-refractivity contribution < 1.29 is 19.1 Å². The largest absolute Gasteiger partial charge is 0.426 e. The first-order chi connectivity index (χ1) is 14.8. The Morgan fingerprint density at radius 2 is 1.68 bits per heavy atom. The molecule has 0 aliphatic heterocycles. The number of carbonyl (C=O) groups excluding carboxylic acids is 2. The number of hydrogen-bond donors (Lipinski definition) is 0. The number of unbranched alkanes of at least 4 members (excludes halogenated alkanes) is 3. The summed E-state index contributed by atoms with van der Waals surface area (Å²) in [5.74, 6) is -0.204. The van der Waals surface area contributed by atoms with E-state index >= 15 is 0 Å². The van der Waals surface area contributed by atoms with Crippen LogP contribution in [-0.4, -0.2) is 17.3 Å². The van der Waals surface area contributed by atoms with Crippen molar-refractivity contribution in [1.82, 2.24) is 0 Å². The molecule has 5 nitrogen and oxygen atoms in total. The number of halogens is 1. The van der Waals surface area contributed by atoms with Crippen molar-refractivity contribution >= 4 is 23.5 Å². The molecule has 1 saturated carbocycles. The van der Waals surface area contributed by atoms with Crippen LogP contribution in [0.3, 0.4) is 0 Å². The summed E-state index contributed by atoms with van der Waals surface area (Å²) in [5, 5.41) is 8.99. The molecule has 1 aromatic rings. The first kappa shape index (κ1) is 25.2. The Bertz CT molecular complexity index is 761. The lowest BCUT2D eigenvalue weighted by molar-refractivity contribution is -0.140. The second-order valence-electron chi connectivity index (χ2n) is 8.94. The molecule has 0 spiro atoms. The fourth-order valence-corrected chi connectivity index (χ4v) is 3.98. The lowest BCUT2D eigenvalue weighted by atomic mass is 9.69. The molecule has 1 aliphatic rings. The van der Waals surface area contributed by atoms with Gasteiger partial charge in [0.15, 0.2) is 0 Å². The minimum Gasteiger partial charge on any atom is -0.426 e. The molecular weight excluding hydrogens is 414 g/mol. The van der Waals surface area contributed by atoms with Gasteiger partial charge in [0.2, 0.25) is 0 Å². The minimum absolute atomic E-state index is 0.0269. The summed E-state index contributed by atoms with van der Waals surface area (Å²) in [6, 6.07) is 8.92. The third kappa shape index (κ3) is 7.54. The van der Waals surface area contributed by atoms with Crippen LogP contribution < -0.4 is 9.47 Å². The monoisotopic (exact) mass is 447 g/mol. The molecule has 0 aromatic heterocycles. The first-order valence-electron chi connectivity index (χ1n) is 11.4. The number of benzene rings is 1. The Balaban J connectivity index is 1.83. The van der Waals surface area contributed by atoms with Crippen molar-refractivity contribution in [2.75, 3.05) is 0 Å². The van der Waals surface area contributed by atoms with Crippen molar-refractivity contribution in [2.24, 2.45) is 17.3 Å². The number of ether oxygens (including phenoxy) is 2. The topological polar surface area (TPSA) is 76.4 Å². The van der Waals surface area contributed by atoms with Crippen LogP contribution in [0.25, 0.3) is 0 Å². The van der Waals surface area contributed by atoms with E-state index in [1.807, 2.05) is 13.8 Å². The number of nitrogens with zero attached hydrogens (tertiary/aromatic N) is 1. The van der Waals surface area contributed by atoms with Crippen molar-refractivity contribution in [3.05, 3.63) is 24.3 Å². The van der Waals surface area contributed by atoms with E-state index in [0.29, 0.717) is 24.3 Å². The molecule has 31 heavy (non-hydrogen) atoms. The van der Waals surface area contributed by atoms with Crippen LogP contribution in [0.4, 0.5) is 0 Å². The molecule has 1 unspecified atom stereocenters. The maximum absolute atomic E-state index is 12.6. The second kappa shape index (κ2) is 12.1. The lowest BCUT2D eigenvalue weighted by Gasteiger charge is -2.34. The van der Waals surface area contributed by atoms with E-state index in [4.69, 9.17) is 21.1 Å². The van der Waals surface area contributed by atoms with E-state index in [1.54, 1.807) is 24.3 Å². The highest BCUT2D eigenvalue weighted by Crippen LogP contribution is 2.42. The summed E-state index contributed by atoms with van der Waals surface area (Å²) in [7, 11) is 0. The molecule has 6 heteroatoms. The molecule has 0 N–H and O–H groups in total. The molecular formula is C25H34ClNO4. The third-order valence-corrected chi connectivity index (χ3v) is 6.78. The summed E-state index contributed by atoms with van der Waals surface area (Å²) in [6.07, 6.45) is 8.42. The van der Waals surface area contributed by atoms with Gasteiger partial charge in [-0.25, -0.2) is 0 Å². The number of esters is 2. The zero-order chi connectivity index (χ0) is 22.9. The summed E-state index contributed by atoms with van der Waals surface area (Å²) >= 11 is 6.01. The van der Waals surface area contributed by atoms with E-state index in [0.717, 1.165) is 25.7 Å². The van der Waals surface area contributed by atoms with E-state index in [2.05, 4.69) is 13.0 Å². The van der Waals surface area contributed by atoms with Crippen LogP contribution in [0, 0.1) is 28.6 Å². The number of rotatable bonds is 10. The maximum Gasteiger partial charge on any atom is 0.329 e. The average molecular weight is 448 g/mol. The average Bonchev–Trinajstić information content (AvgIpc) is 2.77. The first-order valence-corrected chi connectivity index (χ1v) is 11.8. The SMILES string of the molecule is CCCCCCC1(C#N)CCC(C(=O)Oc2ccc(OC(=O)C(Cl)C(C)C)cc2)CC1. The van der Waals surface area contributed by atoms with Crippen LogP contribution in [-0.2, 0) is 9.59 Å². The Morgan fingerprint density at radius 1 is 1.10 bits per heavy atom. The van der Waals surface area contributed by atoms with Gasteiger partial charge in [-0.3, -0.25) is 9.59 Å². The normalized spacial score (nSPS) is 21.9. The van der Waals surface area contributed by atoms with Gasteiger partial charge in [-0.1, -0.05) is 46.5 Å². The van der Waals surface area contributed by atoms with Crippen LogP contribution in [0.2, 0.25) is 0 Å². The van der Waals surface area contributed by atoms with Crippen LogP contribution >= 0.6 is 11.6 Å². The number of nitriles is 1. The standard InChI is InChI=1S/C25H34ClNO4/c1-4-5-6-7-14-25(17-27)15-12-19(13-16-25)23(28)30-20-8-10-21(11-9-20)31-24(29)22(26)18(2)3/h8-11,18-19,22H,4-7,12-16H2,1-3H3. The maximum atomic E-state index is 12.6. The minimum atomic E-state index is -0.712. The van der Waals surface area contributed by atoms with E-state index in [1.165, 1.54) is 19.3 Å². The van der Waals surface area contributed by atoms with Gasteiger partial charge in [-0.15, -0.1) is 11.6 Å². The molecule has 170 valence electrons. The number of carbonyl (C=O) groups is 2. The molecule has 0 heterocycles. The smallest absolute Gasteiger partial charge is 0.329 e. The van der Waals surface area contributed by atoms with E-state index in [9.17, 15) is 14.9 Å². The molecule has 0 saturated heterocycles. The fourth-order valence-electron chi connectivity index (χ4n) is 3.93. The Hall–Kier alpha value is -2.06. The van der Waals surface area contributed by atoms with E-state index in [-0.39, 0.29) is 23.2 Å². The van der Waals surface area contributed by atoms with Crippen molar-refractivity contribution in [3.8, 4) is 17.6 Å². The summed E-state index contributed by atoms with van der Waals surface area (Å²) in [4.78, 5) is 24.5. The van der Waals surface area contributed by atoms with Gasteiger partial charge < -0.3 is 9.47 Å². The number of hydrogen-bond acceptors (Lipinski definition) is 5. The molecule has 0 bridgehead atoms. The molecule has 0 amide bonds. The summed E-state index contributed by atoms with van der Waals surface area (Å²) < 4.78 is 10.8. The molecule has 1 aliphatic carbocycles. The molecule has 1 atom stereocenters. The summed E-state index contributed by atoms with van der Waals surface area (Å²) in [5.41, 5.74) is -0.285. The highest BCUT2D eigenvalue weighted by Gasteiger charge is 2.38. The lowest BCUT2D eigenvalue weighted by Crippen LogP contribution is -2.31. The Morgan fingerprint density at radius 3 is 2.19 bits per heavy atom. The predicted molar refractivity (Wildman–Crippen MR) is 121 cm³/mol. The van der Waals surface area contributed by atoms with Crippen LogP contribution in [0.5, 0.6) is 11.5 Å². The Labute approximate surface area is 191 Å². The zero-order valence-corrected chi connectivity index (χ0v) is 19.6. The molecule has 2 rings (SSSR count). The van der Waals surface area contributed by atoms with Crippen molar-refractivity contribution in [2.45, 2.75) is 83.9 Å². The number of alkyl halides is 1. The Kier molecular flexibility index (Phi) is 9.84. The van der Waals surface area contributed by atoms with Crippen molar-refractivity contribution in [3.63, 3.8) is 0 Å². The van der Waals surface area contributed by atoms with Gasteiger partial charge in [0.25, 0.3) is 0 Å². The highest BCUT2D eigenvalue weighted by atomic mass is 35.5. The van der Waals surface area contributed by atoms with Crippen LogP contribution in [0.15, 0.2) is 24.3 Å². The van der Waals surface area contributed by atoms with Gasteiger partial charge in [-0.2, -0.15) is 5.26 Å². The van der Waals surface area contributed by atoms with Crippen LogP contribution in [0.1, 0.15) is 78.6 Å². The molecule has 1 fully saturated rings. The highest BCUT2D eigenvalue weighted by molar-refractivity contribution is 6.30. The fraction of sp³-hybridized carbons (Fsp3) is 0.640. The molecule has 1 aromatic carbocycles. The van der Waals surface area contributed by atoms with Crippen molar-refractivity contribution in [1.29, 1.82) is 5.26 Å². The summed E-state index contributed by atoms with van der Waals surface area (Å²) in [6.45, 7) is 5.87. The van der Waals surface area contributed by atoms with Gasteiger partial charge in [0.05, 0.1) is 17.4 Å². The zero-order valence-electron chi connectivity index (χ0n) is 18.9. The quantitative estimate of drug-likeness (QED) is 0.179. The van der Waals surface area contributed by atoms with Gasteiger partial charge >= 0.3 is 11.9 Å². The predicted octanol–water partition coefficient (Wildman–Crippen LogP) is 6.43. The van der Waals surface area contributed by atoms with Gasteiger partial charge in [-0.05, 0) is 62.3 Å². The molecule has 0 radical (unpaired) electrons. The third-order valence-electron chi connectivity index (χ3n) is 6.09. The van der Waals surface area contributed by atoms with E-state index < -0.39 is 11.3 Å². The van der Waals surface area contributed by atoms with Gasteiger partial charge in [0.1, 0.15) is 16.9 Å². The van der Waals surface area contributed by atoms with Gasteiger partial charge in [0, 0.05) is 0 Å². The second-order valence-corrected chi connectivity index (χ2v) is 9.41.